The van der Waals surface area contributed by atoms with Crippen molar-refractivity contribution in [2.75, 3.05) is 20.8 Å². The monoisotopic (exact) mass is 453 g/mol. The van der Waals surface area contributed by atoms with E-state index >= 15 is 0 Å². The Kier molecular flexibility index (Phi) is 6.60. The number of para-hydroxylation sites is 1. The summed E-state index contributed by atoms with van der Waals surface area (Å²) in [4.78, 5) is 0. The second-order valence-electron chi connectivity index (χ2n) is 8.04. The SMILES string of the molecule is COc1cccc(C2OC(CCO)c3ccc(C=C(C)C)n3-c3ccc(Cl)cc32)c1OC. The summed E-state index contributed by atoms with van der Waals surface area (Å²) < 4.78 is 20.2. The van der Waals surface area contributed by atoms with Gasteiger partial charge in [0.2, 0.25) is 0 Å². The maximum atomic E-state index is 9.82. The third-order valence-corrected chi connectivity index (χ3v) is 5.86. The van der Waals surface area contributed by atoms with E-state index in [1.807, 2.05) is 36.4 Å². The summed E-state index contributed by atoms with van der Waals surface area (Å²) in [5.41, 5.74) is 5.97. The molecule has 3 aromatic rings. The molecule has 2 heterocycles. The van der Waals surface area contributed by atoms with E-state index in [-0.39, 0.29) is 12.7 Å². The highest BCUT2D eigenvalue weighted by atomic mass is 35.5. The number of fused-ring (bicyclic) bond motifs is 3. The smallest absolute Gasteiger partial charge is 0.166 e. The highest BCUT2D eigenvalue weighted by molar-refractivity contribution is 6.30. The number of hydrogen-bond acceptors (Lipinski definition) is 4. The zero-order chi connectivity index (χ0) is 22.8. The van der Waals surface area contributed by atoms with Crippen molar-refractivity contribution < 1.29 is 19.3 Å². The molecular formula is C26H28ClNO4. The van der Waals surface area contributed by atoms with Gasteiger partial charge in [-0.1, -0.05) is 29.3 Å². The van der Waals surface area contributed by atoms with Crippen LogP contribution in [0.15, 0.2) is 54.1 Å². The standard InChI is InChI=1S/C26H28ClNO4/c1-16(2)14-18-9-11-22-23(12-13-29)32-25(19-6-5-7-24(30-3)26(19)31-4)20-15-17(27)8-10-21(20)28(18)22/h5-11,14-15,23,25,29H,12-13H2,1-4H3. The first-order valence-electron chi connectivity index (χ1n) is 10.6. The van der Waals surface area contributed by atoms with Crippen molar-refractivity contribution in [3.63, 3.8) is 0 Å². The van der Waals surface area contributed by atoms with E-state index in [1.54, 1.807) is 14.2 Å². The Morgan fingerprint density at radius 2 is 1.91 bits per heavy atom. The number of ether oxygens (including phenoxy) is 3. The highest BCUT2D eigenvalue weighted by Gasteiger charge is 2.33. The van der Waals surface area contributed by atoms with Crippen molar-refractivity contribution in [2.45, 2.75) is 32.5 Å². The Hall–Kier alpha value is -2.73. The zero-order valence-corrected chi connectivity index (χ0v) is 19.5. The van der Waals surface area contributed by atoms with Crippen molar-refractivity contribution in [1.82, 2.24) is 4.57 Å². The first-order valence-corrected chi connectivity index (χ1v) is 11.0. The highest BCUT2D eigenvalue weighted by Crippen LogP contribution is 2.47. The minimum atomic E-state index is -0.468. The van der Waals surface area contributed by atoms with Gasteiger partial charge in [-0.2, -0.15) is 0 Å². The second kappa shape index (κ2) is 9.41. The average molecular weight is 454 g/mol. The van der Waals surface area contributed by atoms with Crippen molar-refractivity contribution in [1.29, 1.82) is 0 Å². The Bertz CT molecular complexity index is 1150. The van der Waals surface area contributed by atoms with Gasteiger partial charge in [0.25, 0.3) is 0 Å². The van der Waals surface area contributed by atoms with Crippen LogP contribution < -0.4 is 9.47 Å². The predicted octanol–water partition coefficient (Wildman–Crippen LogP) is 6.11. The molecule has 1 aliphatic rings. The molecule has 5 nitrogen and oxygen atoms in total. The van der Waals surface area contributed by atoms with Crippen molar-refractivity contribution >= 4 is 17.7 Å². The van der Waals surface area contributed by atoms with Gasteiger partial charge in [0, 0.05) is 34.9 Å². The van der Waals surface area contributed by atoms with Crippen molar-refractivity contribution in [3.8, 4) is 17.2 Å². The molecule has 168 valence electrons. The van der Waals surface area contributed by atoms with Crippen LogP contribution in [0.3, 0.4) is 0 Å². The molecule has 2 aromatic carbocycles. The lowest BCUT2D eigenvalue weighted by Gasteiger charge is -2.25. The summed E-state index contributed by atoms with van der Waals surface area (Å²) in [7, 11) is 3.24. The van der Waals surface area contributed by atoms with Gasteiger partial charge >= 0.3 is 0 Å². The van der Waals surface area contributed by atoms with Gasteiger partial charge < -0.3 is 23.9 Å². The molecule has 0 spiro atoms. The molecule has 0 amide bonds. The Morgan fingerprint density at radius 3 is 2.59 bits per heavy atom. The van der Waals surface area contributed by atoms with Crippen LogP contribution >= 0.6 is 11.6 Å². The van der Waals surface area contributed by atoms with Gasteiger partial charge in [-0.15, -0.1) is 0 Å². The third kappa shape index (κ3) is 4.04. The van der Waals surface area contributed by atoms with E-state index in [1.165, 1.54) is 5.57 Å². The van der Waals surface area contributed by atoms with Crippen LogP contribution in [0.5, 0.6) is 11.5 Å². The normalized spacial score (nSPS) is 17.2. The van der Waals surface area contributed by atoms with Gasteiger partial charge in [-0.25, -0.2) is 0 Å². The molecule has 1 aromatic heterocycles. The fraction of sp³-hybridized carbons (Fsp3) is 0.308. The number of halogens is 1. The van der Waals surface area contributed by atoms with E-state index in [9.17, 15) is 5.11 Å². The van der Waals surface area contributed by atoms with E-state index in [4.69, 9.17) is 25.8 Å². The molecule has 1 aliphatic heterocycles. The first-order chi connectivity index (χ1) is 15.5. The number of aliphatic hydroxyl groups is 1. The van der Waals surface area contributed by atoms with E-state index in [0.29, 0.717) is 22.9 Å². The maximum absolute atomic E-state index is 9.82. The Balaban J connectivity index is 2.01. The maximum Gasteiger partial charge on any atom is 0.166 e. The minimum absolute atomic E-state index is 0.00684. The quantitative estimate of drug-likeness (QED) is 0.489. The Morgan fingerprint density at radius 1 is 1.09 bits per heavy atom. The summed E-state index contributed by atoms with van der Waals surface area (Å²) in [5, 5.41) is 10.4. The fourth-order valence-electron chi connectivity index (χ4n) is 4.35. The molecule has 2 unspecified atom stereocenters. The molecule has 0 fully saturated rings. The molecule has 1 N–H and O–H groups in total. The number of aliphatic hydroxyl groups excluding tert-OH is 1. The lowest BCUT2D eigenvalue weighted by atomic mass is 9.98. The van der Waals surface area contributed by atoms with E-state index in [2.05, 4.69) is 36.6 Å². The number of nitrogens with zero attached hydrogens (tertiary/aromatic N) is 1. The number of aromatic nitrogens is 1. The number of methoxy groups -OCH3 is 2. The second-order valence-corrected chi connectivity index (χ2v) is 8.48. The molecule has 0 aliphatic carbocycles. The van der Waals surface area contributed by atoms with Crippen LogP contribution in [0, 0.1) is 0 Å². The van der Waals surface area contributed by atoms with Crippen LogP contribution in [0.2, 0.25) is 5.02 Å². The summed E-state index contributed by atoms with van der Waals surface area (Å²) in [5.74, 6) is 1.25. The molecule has 0 saturated carbocycles. The van der Waals surface area contributed by atoms with E-state index < -0.39 is 6.10 Å². The fourth-order valence-corrected chi connectivity index (χ4v) is 4.53. The van der Waals surface area contributed by atoms with Crippen molar-refractivity contribution in [3.05, 3.63) is 81.6 Å². The lowest BCUT2D eigenvalue weighted by molar-refractivity contribution is -0.00723. The van der Waals surface area contributed by atoms with Crippen LogP contribution in [-0.4, -0.2) is 30.5 Å². The minimum Gasteiger partial charge on any atom is -0.493 e. The zero-order valence-electron chi connectivity index (χ0n) is 18.8. The summed E-state index contributed by atoms with van der Waals surface area (Å²) in [6, 6.07) is 15.8. The molecular weight excluding hydrogens is 426 g/mol. The topological polar surface area (TPSA) is 52.8 Å². The molecule has 6 heteroatoms. The third-order valence-electron chi connectivity index (χ3n) is 5.63. The largest absolute Gasteiger partial charge is 0.493 e. The summed E-state index contributed by atoms with van der Waals surface area (Å²) >= 11 is 6.46. The van der Waals surface area contributed by atoms with Crippen LogP contribution in [0.1, 0.15) is 55.0 Å². The molecule has 0 bridgehead atoms. The predicted molar refractivity (Wildman–Crippen MR) is 127 cm³/mol. The molecule has 32 heavy (non-hydrogen) atoms. The van der Waals surface area contributed by atoms with Gasteiger partial charge in [0.05, 0.1) is 25.6 Å². The first kappa shape index (κ1) is 22.5. The van der Waals surface area contributed by atoms with Gasteiger partial charge in [0.1, 0.15) is 12.2 Å². The van der Waals surface area contributed by atoms with Gasteiger partial charge in [-0.3, -0.25) is 0 Å². The molecule has 2 atom stereocenters. The van der Waals surface area contributed by atoms with E-state index in [0.717, 1.165) is 28.2 Å². The molecule has 0 saturated heterocycles. The molecule has 0 radical (unpaired) electrons. The number of hydrogen-bond donors (Lipinski definition) is 1. The van der Waals surface area contributed by atoms with Gasteiger partial charge in [-0.05, 0) is 56.3 Å². The van der Waals surface area contributed by atoms with Gasteiger partial charge in [0.15, 0.2) is 11.5 Å². The summed E-state index contributed by atoms with van der Waals surface area (Å²) in [6.07, 6.45) is 1.81. The van der Waals surface area contributed by atoms with Crippen LogP contribution in [0.4, 0.5) is 0 Å². The van der Waals surface area contributed by atoms with Crippen LogP contribution in [0.25, 0.3) is 11.8 Å². The molecule has 4 rings (SSSR count). The Labute approximate surface area is 193 Å². The number of rotatable bonds is 6. The van der Waals surface area contributed by atoms with Crippen LogP contribution in [-0.2, 0) is 4.74 Å². The summed E-state index contributed by atoms with van der Waals surface area (Å²) in [6.45, 7) is 4.16. The lowest BCUT2D eigenvalue weighted by Crippen LogP contribution is -2.13. The average Bonchev–Trinajstić information content (AvgIpc) is 3.12. The number of allylic oxidation sites excluding steroid dienone is 1. The number of benzene rings is 2. The van der Waals surface area contributed by atoms with Crippen molar-refractivity contribution in [2.24, 2.45) is 0 Å².